The van der Waals surface area contributed by atoms with Gasteiger partial charge < -0.3 is 15.0 Å². The van der Waals surface area contributed by atoms with Crippen molar-refractivity contribution in [2.75, 3.05) is 26.7 Å². The van der Waals surface area contributed by atoms with Crippen molar-refractivity contribution in [1.29, 1.82) is 0 Å². The van der Waals surface area contributed by atoms with Crippen molar-refractivity contribution in [2.24, 2.45) is 0 Å². The normalized spacial score (nSPS) is 25.0. The summed E-state index contributed by atoms with van der Waals surface area (Å²) >= 11 is 0. The van der Waals surface area contributed by atoms with E-state index in [2.05, 4.69) is 10.2 Å². The highest BCUT2D eigenvalue weighted by atomic mass is 16.5. The molecule has 2 heterocycles. The highest BCUT2D eigenvalue weighted by molar-refractivity contribution is 5.97. The van der Waals surface area contributed by atoms with Crippen LogP contribution in [0.4, 0.5) is 0 Å². The SMILES string of the molecule is CC[C@@H]1NC(=O)[C@H]2CN(Cc3ccc(OC)cc3)CCN2C1=O. The molecule has 0 unspecified atom stereocenters. The zero-order valence-electron chi connectivity index (χ0n) is 13.6. The Bertz CT molecular complexity index is 587. The van der Waals surface area contributed by atoms with Gasteiger partial charge in [0, 0.05) is 26.2 Å². The third kappa shape index (κ3) is 3.17. The Morgan fingerprint density at radius 3 is 2.61 bits per heavy atom. The number of methoxy groups -OCH3 is 1. The molecular formula is C17H23N3O3. The Balaban J connectivity index is 1.65. The Hall–Kier alpha value is -2.08. The molecule has 2 aliphatic rings. The molecule has 1 aromatic rings. The van der Waals surface area contributed by atoms with Crippen molar-refractivity contribution in [3.05, 3.63) is 29.8 Å². The molecule has 2 amide bonds. The minimum Gasteiger partial charge on any atom is -0.497 e. The zero-order chi connectivity index (χ0) is 16.4. The average molecular weight is 317 g/mol. The van der Waals surface area contributed by atoms with E-state index in [1.54, 1.807) is 12.0 Å². The van der Waals surface area contributed by atoms with Crippen LogP contribution in [0.1, 0.15) is 18.9 Å². The highest BCUT2D eigenvalue weighted by Crippen LogP contribution is 2.20. The monoisotopic (exact) mass is 317 g/mol. The molecule has 1 N–H and O–H groups in total. The molecule has 6 heteroatoms. The van der Waals surface area contributed by atoms with E-state index in [1.807, 2.05) is 31.2 Å². The van der Waals surface area contributed by atoms with E-state index in [1.165, 1.54) is 5.56 Å². The van der Waals surface area contributed by atoms with Crippen LogP contribution in [0.5, 0.6) is 5.75 Å². The van der Waals surface area contributed by atoms with Gasteiger partial charge in [-0.3, -0.25) is 14.5 Å². The molecule has 1 aromatic carbocycles. The van der Waals surface area contributed by atoms with Crippen LogP contribution in [-0.4, -0.2) is 60.4 Å². The van der Waals surface area contributed by atoms with E-state index in [4.69, 9.17) is 4.74 Å². The zero-order valence-corrected chi connectivity index (χ0v) is 13.6. The number of hydrogen-bond donors (Lipinski definition) is 1. The quantitative estimate of drug-likeness (QED) is 0.884. The van der Waals surface area contributed by atoms with Crippen LogP contribution < -0.4 is 10.1 Å². The molecule has 2 aliphatic heterocycles. The summed E-state index contributed by atoms with van der Waals surface area (Å²) in [6.07, 6.45) is 0.642. The van der Waals surface area contributed by atoms with Gasteiger partial charge in [0.25, 0.3) is 0 Å². The van der Waals surface area contributed by atoms with Crippen LogP contribution >= 0.6 is 0 Å². The Labute approximate surface area is 136 Å². The molecule has 0 spiro atoms. The fourth-order valence-electron chi connectivity index (χ4n) is 3.27. The van der Waals surface area contributed by atoms with Crippen LogP contribution in [0.2, 0.25) is 0 Å². The summed E-state index contributed by atoms with van der Waals surface area (Å²) in [5, 5.41) is 2.84. The lowest BCUT2D eigenvalue weighted by atomic mass is 10.0. The molecule has 0 bridgehead atoms. The first-order valence-corrected chi connectivity index (χ1v) is 8.08. The van der Waals surface area contributed by atoms with E-state index in [9.17, 15) is 9.59 Å². The lowest BCUT2D eigenvalue weighted by Gasteiger charge is -2.45. The van der Waals surface area contributed by atoms with E-state index < -0.39 is 0 Å². The van der Waals surface area contributed by atoms with E-state index >= 15 is 0 Å². The summed E-state index contributed by atoms with van der Waals surface area (Å²) < 4.78 is 5.17. The van der Waals surface area contributed by atoms with Gasteiger partial charge in [-0.1, -0.05) is 19.1 Å². The largest absolute Gasteiger partial charge is 0.497 e. The van der Waals surface area contributed by atoms with Crippen molar-refractivity contribution in [1.82, 2.24) is 15.1 Å². The van der Waals surface area contributed by atoms with Gasteiger partial charge in [-0.2, -0.15) is 0 Å². The van der Waals surface area contributed by atoms with Crippen LogP contribution in [0.3, 0.4) is 0 Å². The summed E-state index contributed by atoms with van der Waals surface area (Å²) in [6, 6.07) is 7.22. The van der Waals surface area contributed by atoms with Gasteiger partial charge in [-0.25, -0.2) is 0 Å². The summed E-state index contributed by atoms with van der Waals surface area (Å²) in [5.41, 5.74) is 1.17. The minimum atomic E-state index is -0.364. The Morgan fingerprint density at radius 1 is 1.22 bits per heavy atom. The van der Waals surface area contributed by atoms with Gasteiger partial charge in [-0.05, 0) is 24.1 Å². The second-order valence-corrected chi connectivity index (χ2v) is 6.10. The number of rotatable bonds is 4. The van der Waals surface area contributed by atoms with Crippen LogP contribution in [0.25, 0.3) is 0 Å². The molecule has 0 aromatic heterocycles. The standard InChI is InChI=1S/C17H23N3O3/c1-3-14-17(22)20-9-8-19(11-15(20)16(21)18-14)10-12-4-6-13(23-2)7-5-12/h4-7,14-15H,3,8-11H2,1-2H3,(H,18,21)/t14-,15+/m0/s1. The lowest BCUT2D eigenvalue weighted by molar-refractivity contribution is -0.153. The van der Waals surface area contributed by atoms with Crippen molar-refractivity contribution in [3.63, 3.8) is 0 Å². The molecule has 0 radical (unpaired) electrons. The van der Waals surface area contributed by atoms with E-state index in [0.29, 0.717) is 19.5 Å². The first-order chi connectivity index (χ1) is 11.1. The second-order valence-electron chi connectivity index (χ2n) is 6.10. The molecule has 2 fully saturated rings. The summed E-state index contributed by atoms with van der Waals surface area (Å²) in [5.74, 6) is 0.860. The van der Waals surface area contributed by atoms with Crippen molar-refractivity contribution < 1.29 is 14.3 Å². The number of nitrogens with zero attached hydrogens (tertiary/aromatic N) is 2. The lowest BCUT2D eigenvalue weighted by Crippen LogP contribution is -2.68. The average Bonchev–Trinajstić information content (AvgIpc) is 2.58. The maximum absolute atomic E-state index is 12.4. The van der Waals surface area contributed by atoms with Crippen molar-refractivity contribution in [2.45, 2.75) is 32.0 Å². The fraction of sp³-hybridized carbons (Fsp3) is 0.529. The Morgan fingerprint density at radius 2 is 1.96 bits per heavy atom. The van der Waals surface area contributed by atoms with Crippen LogP contribution in [0.15, 0.2) is 24.3 Å². The number of carbonyl (C=O) groups is 2. The predicted octanol–water partition coefficient (Wildman–Crippen LogP) is 0.616. The molecule has 0 aliphatic carbocycles. The van der Waals surface area contributed by atoms with Crippen LogP contribution in [0, 0.1) is 0 Å². The minimum absolute atomic E-state index is 0.0316. The van der Waals surface area contributed by atoms with Gasteiger partial charge >= 0.3 is 0 Å². The molecule has 124 valence electrons. The van der Waals surface area contributed by atoms with Gasteiger partial charge in [0.1, 0.15) is 17.8 Å². The number of fused-ring (bicyclic) bond motifs is 1. The number of carbonyl (C=O) groups excluding carboxylic acids is 2. The Kier molecular flexibility index (Phi) is 4.52. The van der Waals surface area contributed by atoms with Gasteiger partial charge in [0.15, 0.2) is 0 Å². The summed E-state index contributed by atoms with van der Waals surface area (Å²) in [6.45, 7) is 4.68. The number of ether oxygens (including phenoxy) is 1. The number of benzene rings is 1. The first kappa shape index (κ1) is 15.8. The van der Waals surface area contributed by atoms with Gasteiger partial charge in [-0.15, -0.1) is 0 Å². The summed E-state index contributed by atoms with van der Waals surface area (Å²) in [4.78, 5) is 28.6. The van der Waals surface area contributed by atoms with E-state index in [-0.39, 0.29) is 23.9 Å². The number of amides is 2. The maximum atomic E-state index is 12.4. The molecule has 2 saturated heterocycles. The predicted molar refractivity (Wildman–Crippen MR) is 86.0 cm³/mol. The third-order valence-electron chi connectivity index (χ3n) is 4.64. The number of piperazine rings is 2. The smallest absolute Gasteiger partial charge is 0.245 e. The molecule has 0 saturated carbocycles. The molecular weight excluding hydrogens is 294 g/mol. The first-order valence-electron chi connectivity index (χ1n) is 8.08. The molecule has 6 nitrogen and oxygen atoms in total. The summed E-state index contributed by atoms with van der Waals surface area (Å²) in [7, 11) is 1.65. The molecule has 23 heavy (non-hydrogen) atoms. The second kappa shape index (κ2) is 6.58. The van der Waals surface area contributed by atoms with Crippen LogP contribution in [-0.2, 0) is 16.1 Å². The van der Waals surface area contributed by atoms with Gasteiger partial charge in [0.2, 0.25) is 11.8 Å². The fourth-order valence-corrected chi connectivity index (χ4v) is 3.27. The topological polar surface area (TPSA) is 61.9 Å². The number of nitrogens with one attached hydrogen (secondary N) is 1. The molecule has 2 atom stereocenters. The highest BCUT2D eigenvalue weighted by Gasteiger charge is 2.42. The van der Waals surface area contributed by atoms with Crippen molar-refractivity contribution in [3.8, 4) is 5.75 Å². The third-order valence-corrected chi connectivity index (χ3v) is 4.64. The van der Waals surface area contributed by atoms with E-state index in [0.717, 1.165) is 18.8 Å². The van der Waals surface area contributed by atoms with Crippen molar-refractivity contribution >= 4 is 11.8 Å². The van der Waals surface area contributed by atoms with Gasteiger partial charge in [0.05, 0.1) is 7.11 Å². The maximum Gasteiger partial charge on any atom is 0.245 e. The molecule has 3 rings (SSSR count). The number of hydrogen-bond acceptors (Lipinski definition) is 4.